The van der Waals surface area contributed by atoms with Gasteiger partial charge in [-0.1, -0.05) is 30.3 Å². The second-order valence-corrected chi connectivity index (χ2v) is 6.82. The van der Waals surface area contributed by atoms with Crippen LogP contribution in [-0.2, 0) is 33.2 Å². The van der Waals surface area contributed by atoms with Gasteiger partial charge in [0.25, 0.3) is 12.2 Å². The van der Waals surface area contributed by atoms with E-state index >= 15 is 0 Å². The van der Waals surface area contributed by atoms with Gasteiger partial charge >= 0.3 is 12.4 Å². The number of benzene rings is 2. The number of hydrogen-bond acceptors (Lipinski definition) is 3. The Morgan fingerprint density at radius 1 is 1.00 bits per heavy atom. The molecule has 0 aliphatic carbocycles. The van der Waals surface area contributed by atoms with E-state index in [4.69, 9.17) is 9.47 Å². The number of amides is 1. The van der Waals surface area contributed by atoms with Crippen LogP contribution in [0.25, 0.3) is 0 Å². The van der Waals surface area contributed by atoms with Gasteiger partial charge in [-0.3, -0.25) is 4.79 Å². The van der Waals surface area contributed by atoms with Crippen molar-refractivity contribution in [1.29, 1.82) is 0 Å². The van der Waals surface area contributed by atoms with Crippen LogP contribution in [0.1, 0.15) is 35.3 Å². The molecule has 0 bridgehead atoms. The van der Waals surface area contributed by atoms with Crippen LogP contribution in [0, 0.1) is 0 Å². The summed E-state index contributed by atoms with van der Waals surface area (Å²) in [4.78, 5) is 13.9. The first kappa shape index (κ1) is 22.7. The van der Waals surface area contributed by atoms with Gasteiger partial charge in [0, 0.05) is 6.20 Å². The Kier molecular flexibility index (Phi) is 6.30. The van der Waals surface area contributed by atoms with Gasteiger partial charge in [0.2, 0.25) is 0 Å². The van der Waals surface area contributed by atoms with Crippen LogP contribution < -0.4 is 0 Å². The molecular weight excluding hydrogens is 428 g/mol. The molecule has 3 rings (SSSR count). The Balaban J connectivity index is 1.80. The number of hydrogen-bond donors (Lipinski definition) is 0. The zero-order valence-corrected chi connectivity index (χ0v) is 16.1. The van der Waals surface area contributed by atoms with Crippen molar-refractivity contribution >= 4 is 5.91 Å². The molecule has 0 saturated heterocycles. The molecular formula is C21H17F6NO3. The Morgan fingerprint density at radius 2 is 1.58 bits per heavy atom. The summed E-state index contributed by atoms with van der Waals surface area (Å²) in [5, 5.41) is 0. The molecule has 0 spiro atoms. The lowest BCUT2D eigenvalue weighted by molar-refractivity contribution is -0.184. The summed E-state index contributed by atoms with van der Waals surface area (Å²) in [6.45, 7) is 1.43. The van der Waals surface area contributed by atoms with Crippen molar-refractivity contribution in [1.82, 2.24) is 4.90 Å². The maximum Gasteiger partial charge on any atom is 0.416 e. The van der Waals surface area contributed by atoms with E-state index in [2.05, 4.69) is 0 Å². The molecule has 2 aromatic carbocycles. The second kappa shape index (κ2) is 8.62. The number of rotatable bonds is 5. The fourth-order valence-electron chi connectivity index (χ4n) is 2.93. The molecule has 2 atom stereocenters. The van der Waals surface area contributed by atoms with Gasteiger partial charge in [0.15, 0.2) is 0 Å². The van der Waals surface area contributed by atoms with E-state index in [0.29, 0.717) is 12.1 Å². The lowest BCUT2D eigenvalue weighted by Crippen LogP contribution is -2.41. The van der Waals surface area contributed by atoms with Crippen molar-refractivity contribution < 1.29 is 40.6 Å². The average Bonchev–Trinajstić information content (AvgIpc) is 2.70. The van der Waals surface area contributed by atoms with Crippen LogP contribution in [0.2, 0.25) is 0 Å². The SMILES string of the molecule is CC(OC1OC=CN(Cc2ccccc2)C1=O)c1cc(C(F)(F)F)cc(C(F)(F)F)c1. The highest BCUT2D eigenvalue weighted by atomic mass is 19.4. The number of carbonyl (C=O) groups excluding carboxylic acids is 1. The molecule has 31 heavy (non-hydrogen) atoms. The molecule has 1 amide bonds. The number of alkyl halides is 6. The molecule has 10 heteroatoms. The zero-order valence-electron chi connectivity index (χ0n) is 16.1. The third kappa shape index (κ3) is 5.57. The highest BCUT2D eigenvalue weighted by Crippen LogP contribution is 2.38. The standard InChI is InChI=1S/C21H17F6NO3/c1-13(15-9-16(20(22,23)24)11-17(10-15)21(25,26)27)31-19-18(29)28(7-8-30-19)12-14-5-3-2-4-6-14/h2-11,13,19H,12H2,1H3. The normalized spacial score (nSPS) is 18.1. The first-order valence-electron chi connectivity index (χ1n) is 9.06. The molecule has 2 unspecified atom stereocenters. The first-order chi connectivity index (χ1) is 14.4. The Bertz CT molecular complexity index is 924. The molecule has 4 nitrogen and oxygen atoms in total. The predicted molar refractivity (Wildman–Crippen MR) is 97.0 cm³/mol. The molecule has 1 aliphatic heterocycles. The maximum absolute atomic E-state index is 13.1. The van der Waals surface area contributed by atoms with Crippen LogP contribution in [0.4, 0.5) is 26.3 Å². The molecule has 1 heterocycles. The van der Waals surface area contributed by atoms with Gasteiger partial charge in [-0.15, -0.1) is 0 Å². The molecule has 166 valence electrons. The van der Waals surface area contributed by atoms with E-state index in [1.165, 1.54) is 24.3 Å². The Morgan fingerprint density at radius 3 is 2.13 bits per heavy atom. The summed E-state index contributed by atoms with van der Waals surface area (Å²) in [5.41, 5.74) is -2.51. The van der Waals surface area contributed by atoms with Crippen molar-refractivity contribution in [2.45, 2.75) is 38.2 Å². The Hall–Kier alpha value is -3.01. The van der Waals surface area contributed by atoms with Gasteiger partial charge in [0.1, 0.15) is 6.26 Å². The van der Waals surface area contributed by atoms with Crippen LogP contribution in [-0.4, -0.2) is 17.1 Å². The number of ether oxygens (including phenoxy) is 2. The van der Waals surface area contributed by atoms with Gasteiger partial charge in [-0.2, -0.15) is 26.3 Å². The molecule has 0 aromatic heterocycles. The van der Waals surface area contributed by atoms with E-state index in [-0.39, 0.29) is 18.2 Å². The van der Waals surface area contributed by atoms with E-state index in [9.17, 15) is 31.1 Å². The van der Waals surface area contributed by atoms with Crippen LogP contribution in [0.15, 0.2) is 61.0 Å². The Labute approximate surface area is 173 Å². The van der Waals surface area contributed by atoms with Crippen molar-refractivity contribution in [2.24, 2.45) is 0 Å². The molecule has 0 radical (unpaired) electrons. The van der Waals surface area contributed by atoms with Gasteiger partial charge in [-0.05, 0) is 36.2 Å². The highest BCUT2D eigenvalue weighted by molar-refractivity contribution is 5.81. The number of carbonyl (C=O) groups is 1. The number of nitrogens with zero attached hydrogens (tertiary/aromatic N) is 1. The highest BCUT2D eigenvalue weighted by Gasteiger charge is 2.38. The largest absolute Gasteiger partial charge is 0.461 e. The van der Waals surface area contributed by atoms with Crippen LogP contribution >= 0.6 is 0 Å². The van der Waals surface area contributed by atoms with Crippen molar-refractivity contribution in [2.75, 3.05) is 0 Å². The van der Waals surface area contributed by atoms with Crippen molar-refractivity contribution in [3.8, 4) is 0 Å². The first-order valence-corrected chi connectivity index (χ1v) is 9.06. The topological polar surface area (TPSA) is 38.8 Å². The molecule has 2 aromatic rings. The summed E-state index contributed by atoms with van der Waals surface area (Å²) in [6.07, 6.45) is -10.2. The fourth-order valence-corrected chi connectivity index (χ4v) is 2.93. The van der Waals surface area contributed by atoms with E-state index in [1.54, 1.807) is 30.3 Å². The van der Waals surface area contributed by atoms with Gasteiger partial charge in [0.05, 0.1) is 23.8 Å². The zero-order chi connectivity index (χ0) is 22.8. The minimum Gasteiger partial charge on any atom is -0.461 e. The molecule has 0 saturated carbocycles. The summed E-state index contributed by atoms with van der Waals surface area (Å²) in [5.74, 6) is -0.638. The monoisotopic (exact) mass is 445 g/mol. The predicted octanol–water partition coefficient (Wildman–Crippen LogP) is 5.66. The van der Waals surface area contributed by atoms with E-state index in [0.717, 1.165) is 5.56 Å². The third-order valence-corrected chi connectivity index (χ3v) is 4.53. The molecule has 0 N–H and O–H groups in total. The molecule has 1 aliphatic rings. The number of halogens is 6. The third-order valence-electron chi connectivity index (χ3n) is 4.53. The minimum atomic E-state index is -4.98. The summed E-state index contributed by atoms with van der Waals surface area (Å²) in [6, 6.07) is 10.1. The lowest BCUT2D eigenvalue weighted by atomic mass is 10.0. The van der Waals surface area contributed by atoms with Crippen LogP contribution in [0.5, 0.6) is 0 Å². The van der Waals surface area contributed by atoms with Crippen molar-refractivity contribution in [3.05, 3.63) is 83.2 Å². The van der Waals surface area contributed by atoms with Gasteiger partial charge in [-0.25, -0.2) is 0 Å². The van der Waals surface area contributed by atoms with Gasteiger partial charge < -0.3 is 14.4 Å². The smallest absolute Gasteiger partial charge is 0.416 e. The van der Waals surface area contributed by atoms with E-state index in [1.807, 2.05) is 0 Å². The minimum absolute atomic E-state index is 0.0306. The average molecular weight is 445 g/mol. The van der Waals surface area contributed by atoms with Crippen LogP contribution in [0.3, 0.4) is 0 Å². The fraction of sp³-hybridized carbons (Fsp3) is 0.286. The summed E-state index contributed by atoms with van der Waals surface area (Å²) in [7, 11) is 0. The summed E-state index contributed by atoms with van der Waals surface area (Å²) < 4.78 is 89.0. The second-order valence-electron chi connectivity index (χ2n) is 6.82. The lowest BCUT2D eigenvalue weighted by Gasteiger charge is -2.29. The van der Waals surface area contributed by atoms with Crippen molar-refractivity contribution in [3.63, 3.8) is 0 Å². The summed E-state index contributed by atoms with van der Waals surface area (Å²) >= 11 is 0. The quantitative estimate of drug-likeness (QED) is 0.558. The molecule has 0 fully saturated rings. The van der Waals surface area contributed by atoms with E-state index < -0.39 is 41.8 Å². The maximum atomic E-state index is 13.1.